The minimum Gasteiger partial charge on any atom is -0.495 e. The number of thiazole rings is 1. The van der Waals surface area contributed by atoms with Crippen molar-refractivity contribution in [2.45, 2.75) is 12.8 Å². The first-order valence-corrected chi connectivity index (χ1v) is 10.9. The Bertz CT molecular complexity index is 889. The number of nitrogens with one attached hydrogen (secondary N) is 1. The largest absolute Gasteiger partial charge is 0.495 e. The molecule has 1 saturated heterocycles. The maximum Gasteiger partial charge on any atom is 0.142 e. The predicted octanol–water partition coefficient (Wildman–Crippen LogP) is 4.32. The monoisotopic (exact) mass is 396 g/mol. The second-order valence-electron chi connectivity index (χ2n) is 7.17. The molecule has 1 aromatic heterocycles. The van der Waals surface area contributed by atoms with E-state index in [9.17, 15) is 0 Å². The van der Waals surface area contributed by atoms with Gasteiger partial charge in [-0.3, -0.25) is 4.90 Å². The van der Waals surface area contributed by atoms with Crippen LogP contribution in [0.15, 0.2) is 48.0 Å². The molecule has 0 aliphatic carbocycles. The molecule has 0 spiro atoms. The molecule has 4 rings (SSSR count). The van der Waals surface area contributed by atoms with Crippen LogP contribution in [0.3, 0.4) is 0 Å². The highest BCUT2D eigenvalue weighted by atomic mass is 32.1. The molecule has 2 heterocycles. The first kappa shape index (κ1) is 19.0. The molecule has 0 radical (unpaired) electrons. The molecular formula is C22H28N4OS. The van der Waals surface area contributed by atoms with E-state index in [1.165, 1.54) is 35.5 Å². The van der Waals surface area contributed by atoms with Gasteiger partial charge in [0.1, 0.15) is 5.75 Å². The standard InChI is InChI=1S/C22H28N4OS/c1-27-21-7-3-2-6-20(21)26-14-12-25(13-15-26)11-5-4-10-23-18-8-9-22-19(16-18)24-17-28-22/h2-3,6-9,16-17,23H,4-5,10-15H2,1H3. The summed E-state index contributed by atoms with van der Waals surface area (Å²) in [6.45, 7) is 6.54. The number of unbranched alkanes of at least 4 members (excludes halogenated alkanes) is 1. The third kappa shape index (κ3) is 4.56. The number of fused-ring (bicyclic) bond motifs is 1. The molecule has 3 aromatic rings. The van der Waals surface area contributed by atoms with Crippen molar-refractivity contribution in [3.8, 4) is 5.75 Å². The second-order valence-corrected chi connectivity index (χ2v) is 8.06. The molecule has 0 atom stereocenters. The van der Waals surface area contributed by atoms with E-state index in [2.05, 4.69) is 50.4 Å². The molecule has 1 aliphatic heterocycles. The van der Waals surface area contributed by atoms with Crippen LogP contribution in [0, 0.1) is 0 Å². The van der Waals surface area contributed by atoms with Gasteiger partial charge in [-0.1, -0.05) is 12.1 Å². The molecule has 5 nitrogen and oxygen atoms in total. The van der Waals surface area contributed by atoms with Crippen LogP contribution in [0.5, 0.6) is 5.75 Å². The fraction of sp³-hybridized carbons (Fsp3) is 0.409. The molecule has 0 bridgehead atoms. The van der Waals surface area contributed by atoms with Gasteiger partial charge in [-0.05, 0) is 49.7 Å². The van der Waals surface area contributed by atoms with Crippen molar-refractivity contribution in [2.24, 2.45) is 0 Å². The SMILES string of the molecule is COc1ccccc1N1CCN(CCCCNc2ccc3scnc3c2)CC1. The lowest BCUT2D eigenvalue weighted by molar-refractivity contribution is 0.253. The number of hydrogen-bond donors (Lipinski definition) is 1. The molecule has 1 aliphatic rings. The number of ether oxygens (including phenoxy) is 1. The predicted molar refractivity (Wildman–Crippen MR) is 119 cm³/mol. The first-order valence-electron chi connectivity index (χ1n) is 10.0. The summed E-state index contributed by atoms with van der Waals surface area (Å²) in [4.78, 5) is 9.40. The van der Waals surface area contributed by atoms with E-state index in [-0.39, 0.29) is 0 Å². The van der Waals surface area contributed by atoms with Crippen LogP contribution >= 0.6 is 11.3 Å². The normalized spacial score (nSPS) is 15.1. The first-order chi connectivity index (χ1) is 13.8. The minimum atomic E-state index is 0.970. The summed E-state index contributed by atoms with van der Waals surface area (Å²) in [6.07, 6.45) is 2.41. The van der Waals surface area contributed by atoms with E-state index < -0.39 is 0 Å². The summed E-state index contributed by atoms with van der Waals surface area (Å²) in [5, 5.41) is 3.53. The maximum atomic E-state index is 5.51. The minimum absolute atomic E-state index is 0.970. The topological polar surface area (TPSA) is 40.6 Å². The molecule has 2 aromatic carbocycles. The van der Waals surface area contributed by atoms with Crippen LogP contribution in [0.1, 0.15) is 12.8 Å². The van der Waals surface area contributed by atoms with Crippen LogP contribution in [-0.4, -0.2) is 56.3 Å². The van der Waals surface area contributed by atoms with E-state index in [0.29, 0.717) is 0 Å². The Morgan fingerprint density at radius 3 is 2.79 bits per heavy atom. The van der Waals surface area contributed by atoms with Gasteiger partial charge in [0.2, 0.25) is 0 Å². The highest BCUT2D eigenvalue weighted by Gasteiger charge is 2.18. The Morgan fingerprint density at radius 2 is 1.93 bits per heavy atom. The van der Waals surface area contributed by atoms with Crippen molar-refractivity contribution < 1.29 is 4.74 Å². The molecular weight excluding hydrogens is 368 g/mol. The number of aromatic nitrogens is 1. The zero-order chi connectivity index (χ0) is 19.2. The van der Waals surface area contributed by atoms with Gasteiger partial charge in [-0.15, -0.1) is 11.3 Å². The smallest absolute Gasteiger partial charge is 0.142 e. The number of rotatable bonds is 8. The summed E-state index contributed by atoms with van der Waals surface area (Å²) in [7, 11) is 1.75. The Morgan fingerprint density at radius 1 is 1.07 bits per heavy atom. The van der Waals surface area contributed by atoms with Gasteiger partial charge in [0, 0.05) is 38.4 Å². The maximum absolute atomic E-state index is 5.51. The second kappa shape index (κ2) is 9.26. The van der Waals surface area contributed by atoms with Crippen LogP contribution in [-0.2, 0) is 0 Å². The van der Waals surface area contributed by atoms with Gasteiger partial charge < -0.3 is 15.0 Å². The molecule has 6 heteroatoms. The van der Waals surface area contributed by atoms with E-state index in [4.69, 9.17) is 4.74 Å². The lowest BCUT2D eigenvalue weighted by atomic mass is 10.2. The highest BCUT2D eigenvalue weighted by molar-refractivity contribution is 7.16. The van der Waals surface area contributed by atoms with Crippen LogP contribution in [0.2, 0.25) is 0 Å². The fourth-order valence-electron chi connectivity index (χ4n) is 3.76. The number of anilines is 2. The van der Waals surface area contributed by atoms with Crippen molar-refractivity contribution in [2.75, 3.05) is 56.6 Å². The Labute approximate surface area is 170 Å². The molecule has 0 amide bonds. The van der Waals surface area contributed by atoms with E-state index in [1.807, 2.05) is 17.6 Å². The third-order valence-electron chi connectivity index (χ3n) is 5.36. The summed E-state index contributed by atoms with van der Waals surface area (Å²) in [5.74, 6) is 0.970. The van der Waals surface area contributed by atoms with E-state index in [0.717, 1.165) is 44.0 Å². The van der Waals surface area contributed by atoms with E-state index >= 15 is 0 Å². The van der Waals surface area contributed by atoms with Crippen LogP contribution in [0.4, 0.5) is 11.4 Å². The number of para-hydroxylation sites is 2. The van der Waals surface area contributed by atoms with Crippen LogP contribution in [0.25, 0.3) is 10.2 Å². The zero-order valence-corrected chi connectivity index (χ0v) is 17.3. The molecule has 148 valence electrons. The number of methoxy groups -OCH3 is 1. The summed E-state index contributed by atoms with van der Waals surface area (Å²) >= 11 is 1.69. The van der Waals surface area contributed by atoms with Gasteiger partial charge in [-0.2, -0.15) is 0 Å². The molecule has 1 fully saturated rings. The average molecular weight is 397 g/mol. The molecule has 0 unspecified atom stereocenters. The fourth-order valence-corrected chi connectivity index (χ4v) is 4.42. The Hall–Kier alpha value is -2.31. The Balaban J connectivity index is 1.15. The van der Waals surface area contributed by atoms with Gasteiger partial charge in [-0.25, -0.2) is 4.98 Å². The van der Waals surface area contributed by atoms with Gasteiger partial charge in [0.05, 0.1) is 28.5 Å². The summed E-state index contributed by atoms with van der Waals surface area (Å²) in [5.41, 5.74) is 5.37. The van der Waals surface area contributed by atoms with Crippen molar-refractivity contribution in [1.29, 1.82) is 0 Å². The Kier molecular flexibility index (Phi) is 6.29. The van der Waals surface area contributed by atoms with Crippen molar-refractivity contribution in [1.82, 2.24) is 9.88 Å². The van der Waals surface area contributed by atoms with Crippen molar-refractivity contribution in [3.63, 3.8) is 0 Å². The number of hydrogen-bond acceptors (Lipinski definition) is 6. The lowest BCUT2D eigenvalue weighted by Gasteiger charge is -2.36. The van der Waals surface area contributed by atoms with E-state index in [1.54, 1.807) is 18.4 Å². The molecule has 0 saturated carbocycles. The van der Waals surface area contributed by atoms with Gasteiger partial charge >= 0.3 is 0 Å². The van der Waals surface area contributed by atoms with Gasteiger partial charge in [0.25, 0.3) is 0 Å². The zero-order valence-electron chi connectivity index (χ0n) is 16.4. The van der Waals surface area contributed by atoms with Crippen molar-refractivity contribution in [3.05, 3.63) is 48.0 Å². The number of benzene rings is 2. The number of piperazine rings is 1. The van der Waals surface area contributed by atoms with Crippen LogP contribution < -0.4 is 15.0 Å². The number of nitrogens with zero attached hydrogens (tertiary/aromatic N) is 3. The summed E-state index contributed by atoms with van der Waals surface area (Å²) < 4.78 is 6.76. The summed E-state index contributed by atoms with van der Waals surface area (Å²) in [6, 6.07) is 14.8. The third-order valence-corrected chi connectivity index (χ3v) is 6.17. The highest BCUT2D eigenvalue weighted by Crippen LogP contribution is 2.28. The quantitative estimate of drug-likeness (QED) is 0.574. The van der Waals surface area contributed by atoms with Gasteiger partial charge in [0.15, 0.2) is 0 Å². The average Bonchev–Trinajstić information content (AvgIpc) is 3.22. The molecule has 1 N–H and O–H groups in total. The van der Waals surface area contributed by atoms with Crippen molar-refractivity contribution >= 4 is 32.9 Å². The molecule has 28 heavy (non-hydrogen) atoms. The lowest BCUT2D eigenvalue weighted by Crippen LogP contribution is -2.46.